The van der Waals surface area contributed by atoms with Crippen molar-refractivity contribution in [2.45, 2.75) is 0 Å². The Bertz CT molecular complexity index is 423. The van der Waals surface area contributed by atoms with Crippen LogP contribution in [0.3, 0.4) is 0 Å². The van der Waals surface area contributed by atoms with Gasteiger partial charge in [0.25, 0.3) is 0 Å². The van der Waals surface area contributed by atoms with Gasteiger partial charge < -0.3 is 0 Å². The molecule has 4 heteroatoms. The van der Waals surface area contributed by atoms with E-state index < -0.39 is 0 Å². The summed E-state index contributed by atoms with van der Waals surface area (Å²) in [6, 6.07) is 7.99. The number of aromatic nitrogens is 2. The molecule has 1 aromatic heterocycles. The van der Waals surface area contributed by atoms with Crippen LogP contribution in [0.1, 0.15) is 0 Å². The zero-order chi connectivity index (χ0) is 9.26. The average molecular weight is 302 g/mol. The first-order valence-corrected chi connectivity index (χ1v) is 5.30. The second-order valence-corrected chi connectivity index (χ2v) is 4.41. The number of hydrogen-bond donors (Lipinski definition) is 0. The summed E-state index contributed by atoms with van der Waals surface area (Å²) in [5.74, 6) is 0. The summed E-state index contributed by atoms with van der Waals surface area (Å²) in [4.78, 5) is 0. The quantitative estimate of drug-likeness (QED) is 0.789. The van der Waals surface area contributed by atoms with E-state index in [4.69, 9.17) is 0 Å². The molecule has 0 spiro atoms. The summed E-state index contributed by atoms with van der Waals surface area (Å²) in [5, 5.41) is 4.18. The number of nitrogens with zero attached hydrogens (tertiary/aromatic N) is 2. The van der Waals surface area contributed by atoms with Gasteiger partial charge in [0.1, 0.15) is 0 Å². The molecule has 13 heavy (non-hydrogen) atoms. The molecule has 2 rings (SSSR count). The summed E-state index contributed by atoms with van der Waals surface area (Å²) < 4.78 is 3.85. The molecule has 0 bridgehead atoms. The van der Waals surface area contributed by atoms with E-state index in [0.717, 1.165) is 14.6 Å². The van der Waals surface area contributed by atoms with Gasteiger partial charge in [-0.3, -0.25) is 0 Å². The first-order valence-electron chi connectivity index (χ1n) is 3.72. The van der Waals surface area contributed by atoms with Gasteiger partial charge >= 0.3 is 0 Å². The molecule has 0 radical (unpaired) electrons. The molecule has 2 aromatic rings. The molecule has 0 atom stereocenters. The molecule has 2 nitrogen and oxygen atoms in total. The van der Waals surface area contributed by atoms with E-state index in [-0.39, 0.29) is 0 Å². The van der Waals surface area contributed by atoms with Gasteiger partial charge in [0, 0.05) is 10.7 Å². The summed E-state index contributed by atoms with van der Waals surface area (Å²) >= 11 is 6.77. The van der Waals surface area contributed by atoms with Crippen LogP contribution in [0.25, 0.3) is 5.69 Å². The molecular weight excluding hydrogens is 296 g/mol. The van der Waals surface area contributed by atoms with E-state index in [9.17, 15) is 0 Å². The van der Waals surface area contributed by atoms with E-state index >= 15 is 0 Å². The maximum Gasteiger partial charge on any atom is 0.0657 e. The molecule has 0 amide bonds. The van der Waals surface area contributed by atoms with Crippen molar-refractivity contribution in [2.75, 3.05) is 0 Å². The number of halogens is 2. The average Bonchev–Trinajstić information content (AvgIpc) is 2.52. The molecule has 1 heterocycles. The van der Waals surface area contributed by atoms with Crippen LogP contribution in [0, 0.1) is 0 Å². The smallest absolute Gasteiger partial charge is 0.0657 e. The highest BCUT2D eigenvalue weighted by molar-refractivity contribution is 9.10. The first-order chi connectivity index (χ1) is 6.25. The summed E-state index contributed by atoms with van der Waals surface area (Å²) in [5.41, 5.74) is 1.04. The lowest BCUT2D eigenvalue weighted by atomic mass is 10.3. The van der Waals surface area contributed by atoms with Crippen LogP contribution >= 0.6 is 31.9 Å². The van der Waals surface area contributed by atoms with Gasteiger partial charge in [-0.2, -0.15) is 5.10 Å². The normalized spacial score (nSPS) is 10.3. The number of hydrogen-bond acceptors (Lipinski definition) is 1. The van der Waals surface area contributed by atoms with Gasteiger partial charge in [-0.05, 0) is 34.1 Å². The third-order valence-electron chi connectivity index (χ3n) is 1.62. The second kappa shape index (κ2) is 3.64. The van der Waals surface area contributed by atoms with Crippen molar-refractivity contribution in [1.29, 1.82) is 0 Å². The minimum atomic E-state index is 0.979. The topological polar surface area (TPSA) is 17.8 Å². The van der Waals surface area contributed by atoms with Crippen LogP contribution in [0.2, 0.25) is 0 Å². The molecule has 0 unspecified atom stereocenters. The fourth-order valence-corrected chi connectivity index (χ4v) is 1.73. The van der Waals surface area contributed by atoms with Crippen LogP contribution in [-0.2, 0) is 0 Å². The fraction of sp³-hybridized carbons (Fsp3) is 0. The van der Waals surface area contributed by atoms with Crippen LogP contribution < -0.4 is 0 Å². The molecule has 0 aliphatic heterocycles. The molecule has 0 fully saturated rings. The molecule has 0 aliphatic rings. The SMILES string of the molecule is Brc1cccc(-n2cc(Br)cn2)c1. The predicted octanol–water partition coefficient (Wildman–Crippen LogP) is 3.40. The molecule has 66 valence electrons. The minimum Gasteiger partial charge on any atom is -0.240 e. The lowest BCUT2D eigenvalue weighted by Gasteiger charge is -2.00. The lowest BCUT2D eigenvalue weighted by molar-refractivity contribution is 0.879. The van der Waals surface area contributed by atoms with Gasteiger partial charge in [0.05, 0.1) is 16.4 Å². The Morgan fingerprint density at radius 2 is 2.00 bits per heavy atom. The van der Waals surface area contributed by atoms with Crippen LogP contribution in [0.5, 0.6) is 0 Å². The Labute approximate surface area is 92.8 Å². The third-order valence-corrected chi connectivity index (χ3v) is 2.53. The maximum atomic E-state index is 4.18. The highest BCUT2D eigenvalue weighted by atomic mass is 79.9. The van der Waals surface area contributed by atoms with Crippen molar-refractivity contribution in [1.82, 2.24) is 9.78 Å². The monoisotopic (exact) mass is 300 g/mol. The maximum absolute atomic E-state index is 4.18. The van der Waals surface area contributed by atoms with E-state index in [0.29, 0.717) is 0 Å². The lowest BCUT2D eigenvalue weighted by Crippen LogP contribution is -1.92. The van der Waals surface area contributed by atoms with Crippen molar-refractivity contribution in [3.8, 4) is 5.69 Å². The molecule has 1 aromatic carbocycles. The van der Waals surface area contributed by atoms with Crippen molar-refractivity contribution >= 4 is 31.9 Å². The fourth-order valence-electron chi connectivity index (χ4n) is 1.06. The summed E-state index contributed by atoms with van der Waals surface area (Å²) in [7, 11) is 0. The minimum absolute atomic E-state index is 0.979. The van der Waals surface area contributed by atoms with Gasteiger partial charge in [0.2, 0.25) is 0 Å². The highest BCUT2D eigenvalue weighted by Crippen LogP contribution is 2.16. The molecule has 0 saturated heterocycles. The number of benzene rings is 1. The van der Waals surface area contributed by atoms with Crippen molar-refractivity contribution < 1.29 is 0 Å². The van der Waals surface area contributed by atoms with Crippen molar-refractivity contribution in [3.63, 3.8) is 0 Å². The Morgan fingerprint density at radius 3 is 2.62 bits per heavy atom. The standard InChI is InChI=1S/C9H6Br2N2/c10-7-2-1-3-9(4-7)13-6-8(11)5-12-13/h1-6H. The van der Waals surface area contributed by atoms with Gasteiger partial charge in [0.15, 0.2) is 0 Å². The van der Waals surface area contributed by atoms with Crippen LogP contribution in [0.15, 0.2) is 45.6 Å². The molecule has 0 N–H and O–H groups in total. The Kier molecular flexibility index (Phi) is 2.51. The number of rotatable bonds is 1. The van der Waals surface area contributed by atoms with Gasteiger partial charge in [-0.25, -0.2) is 4.68 Å². The Balaban J connectivity index is 2.46. The summed E-state index contributed by atoms with van der Waals surface area (Å²) in [6.07, 6.45) is 3.68. The molecule has 0 aliphatic carbocycles. The van der Waals surface area contributed by atoms with Crippen LogP contribution in [-0.4, -0.2) is 9.78 Å². The Morgan fingerprint density at radius 1 is 1.15 bits per heavy atom. The van der Waals surface area contributed by atoms with E-state index in [1.165, 1.54) is 0 Å². The second-order valence-electron chi connectivity index (χ2n) is 2.58. The Hall–Kier alpha value is -0.610. The highest BCUT2D eigenvalue weighted by Gasteiger charge is 1.98. The van der Waals surface area contributed by atoms with Crippen molar-refractivity contribution in [3.05, 3.63) is 45.6 Å². The predicted molar refractivity (Wildman–Crippen MR) is 59.0 cm³/mol. The zero-order valence-electron chi connectivity index (χ0n) is 6.61. The van der Waals surface area contributed by atoms with E-state index in [1.54, 1.807) is 6.20 Å². The largest absolute Gasteiger partial charge is 0.240 e. The van der Waals surface area contributed by atoms with Gasteiger partial charge in [-0.15, -0.1) is 0 Å². The third kappa shape index (κ3) is 2.00. The van der Waals surface area contributed by atoms with Crippen molar-refractivity contribution in [2.24, 2.45) is 0 Å². The van der Waals surface area contributed by atoms with E-state index in [1.807, 2.05) is 35.1 Å². The van der Waals surface area contributed by atoms with E-state index in [2.05, 4.69) is 37.0 Å². The molecule has 0 saturated carbocycles. The molecular formula is C9H6Br2N2. The van der Waals surface area contributed by atoms with Crippen LogP contribution in [0.4, 0.5) is 0 Å². The zero-order valence-corrected chi connectivity index (χ0v) is 9.79. The van der Waals surface area contributed by atoms with Gasteiger partial charge in [-0.1, -0.05) is 22.0 Å². The summed E-state index contributed by atoms with van der Waals surface area (Å²) in [6.45, 7) is 0. The first kappa shape index (κ1) is 8.97.